The fraction of sp³-hybridized carbons (Fsp3) is 0.588. The summed E-state index contributed by atoms with van der Waals surface area (Å²) in [7, 11) is 1.82. The first-order chi connectivity index (χ1) is 10.7. The maximum atomic E-state index is 6.01. The Bertz CT molecular complexity index is 487. The van der Waals surface area contributed by atoms with Gasteiger partial charge in [0.1, 0.15) is 0 Å². The summed E-state index contributed by atoms with van der Waals surface area (Å²) >= 11 is 6.01. The van der Waals surface area contributed by atoms with E-state index in [0.717, 1.165) is 23.1 Å². The van der Waals surface area contributed by atoms with E-state index in [1.54, 1.807) is 0 Å². The molecule has 4 nitrogen and oxygen atoms in total. The van der Waals surface area contributed by atoms with Crippen molar-refractivity contribution in [2.75, 3.05) is 26.7 Å². The smallest absolute Gasteiger partial charge is 0.191 e. The Hall–Kier alpha value is -0.530. The molecular formula is C17H28ClIN4. The van der Waals surface area contributed by atoms with Gasteiger partial charge in [0.05, 0.1) is 0 Å². The highest BCUT2D eigenvalue weighted by Gasteiger charge is 2.19. The standard InChI is InChI=1S/C17H27ClN4.HI/c1-3-9-22-10-7-16(8-11-22)21-17(19-2)20-13-14-5-4-6-15(18)12-14;/h4-6,12,16H,3,7-11,13H2,1-2H3,(H2,19,20,21);1H. The summed E-state index contributed by atoms with van der Waals surface area (Å²) in [5.74, 6) is 0.869. The lowest BCUT2D eigenvalue weighted by Gasteiger charge is -2.32. The molecule has 130 valence electrons. The molecule has 0 saturated carbocycles. The zero-order valence-electron chi connectivity index (χ0n) is 14.0. The third-order valence-corrected chi connectivity index (χ3v) is 4.28. The van der Waals surface area contributed by atoms with Crippen molar-refractivity contribution >= 4 is 41.5 Å². The molecule has 2 N–H and O–H groups in total. The minimum atomic E-state index is 0. The quantitative estimate of drug-likeness (QED) is 0.410. The summed E-state index contributed by atoms with van der Waals surface area (Å²) in [6, 6.07) is 8.42. The van der Waals surface area contributed by atoms with E-state index in [1.807, 2.05) is 25.2 Å². The maximum Gasteiger partial charge on any atom is 0.191 e. The van der Waals surface area contributed by atoms with Crippen LogP contribution >= 0.6 is 35.6 Å². The van der Waals surface area contributed by atoms with Crippen molar-refractivity contribution in [1.82, 2.24) is 15.5 Å². The molecule has 0 radical (unpaired) electrons. The van der Waals surface area contributed by atoms with Crippen molar-refractivity contribution in [2.24, 2.45) is 4.99 Å². The first kappa shape index (κ1) is 20.5. The number of likely N-dealkylation sites (tertiary alicyclic amines) is 1. The lowest BCUT2D eigenvalue weighted by atomic mass is 10.1. The van der Waals surface area contributed by atoms with Crippen molar-refractivity contribution < 1.29 is 0 Å². The first-order valence-corrected chi connectivity index (χ1v) is 8.53. The van der Waals surface area contributed by atoms with Gasteiger partial charge < -0.3 is 15.5 Å². The molecule has 23 heavy (non-hydrogen) atoms. The van der Waals surface area contributed by atoms with E-state index < -0.39 is 0 Å². The third-order valence-electron chi connectivity index (χ3n) is 4.04. The van der Waals surface area contributed by atoms with Gasteiger partial charge in [0, 0.05) is 37.7 Å². The van der Waals surface area contributed by atoms with Gasteiger partial charge in [-0.05, 0) is 43.5 Å². The summed E-state index contributed by atoms with van der Waals surface area (Å²) in [6.07, 6.45) is 3.59. The number of piperidine rings is 1. The fourth-order valence-corrected chi connectivity index (χ4v) is 3.05. The summed E-state index contributed by atoms with van der Waals surface area (Å²) in [6.45, 7) is 6.54. The Kier molecular flexibility index (Phi) is 9.90. The number of guanidine groups is 1. The van der Waals surface area contributed by atoms with E-state index in [9.17, 15) is 0 Å². The van der Waals surface area contributed by atoms with Crippen molar-refractivity contribution in [3.05, 3.63) is 34.9 Å². The number of hydrogen-bond donors (Lipinski definition) is 2. The van der Waals surface area contributed by atoms with E-state index in [0.29, 0.717) is 6.04 Å². The predicted octanol–water partition coefficient (Wildman–Crippen LogP) is 3.50. The lowest BCUT2D eigenvalue weighted by molar-refractivity contribution is 0.206. The molecule has 1 aromatic carbocycles. The van der Waals surface area contributed by atoms with Gasteiger partial charge in [-0.2, -0.15) is 0 Å². The monoisotopic (exact) mass is 450 g/mol. The van der Waals surface area contributed by atoms with Crippen LogP contribution < -0.4 is 10.6 Å². The molecule has 1 saturated heterocycles. The molecule has 0 spiro atoms. The minimum Gasteiger partial charge on any atom is -0.354 e. The Morgan fingerprint density at radius 2 is 2.09 bits per heavy atom. The summed E-state index contributed by atoms with van der Waals surface area (Å²) in [4.78, 5) is 6.86. The molecule has 1 heterocycles. The normalized spacial score (nSPS) is 16.7. The molecule has 0 aliphatic carbocycles. The Labute approximate surface area is 162 Å². The number of rotatable bonds is 5. The minimum absolute atomic E-state index is 0. The van der Waals surface area contributed by atoms with E-state index in [-0.39, 0.29) is 24.0 Å². The molecule has 1 aliphatic heterocycles. The Morgan fingerprint density at radius 1 is 1.35 bits per heavy atom. The molecule has 0 atom stereocenters. The van der Waals surface area contributed by atoms with Gasteiger partial charge >= 0.3 is 0 Å². The number of aliphatic imine (C=N–C) groups is 1. The third kappa shape index (κ3) is 7.27. The van der Waals surface area contributed by atoms with Gasteiger partial charge in [0.15, 0.2) is 5.96 Å². The zero-order chi connectivity index (χ0) is 15.8. The molecular weight excluding hydrogens is 423 g/mol. The molecule has 0 unspecified atom stereocenters. The van der Waals surface area contributed by atoms with E-state index in [1.165, 1.54) is 38.9 Å². The summed E-state index contributed by atoms with van der Waals surface area (Å²) < 4.78 is 0. The topological polar surface area (TPSA) is 39.7 Å². The largest absolute Gasteiger partial charge is 0.354 e. The molecule has 0 bridgehead atoms. The van der Waals surface area contributed by atoms with Crippen LogP contribution in [0.5, 0.6) is 0 Å². The first-order valence-electron chi connectivity index (χ1n) is 8.15. The average molecular weight is 451 g/mol. The van der Waals surface area contributed by atoms with E-state index in [2.05, 4.69) is 33.5 Å². The van der Waals surface area contributed by atoms with Gasteiger partial charge in [0.2, 0.25) is 0 Å². The van der Waals surface area contributed by atoms with Gasteiger partial charge in [-0.1, -0.05) is 30.7 Å². The number of benzene rings is 1. The summed E-state index contributed by atoms with van der Waals surface area (Å²) in [5, 5.41) is 7.66. The zero-order valence-corrected chi connectivity index (χ0v) is 17.1. The molecule has 1 fully saturated rings. The van der Waals surface area contributed by atoms with Crippen LogP contribution in [0, 0.1) is 0 Å². The van der Waals surface area contributed by atoms with Crippen LogP contribution in [0.1, 0.15) is 31.7 Å². The van der Waals surface area contributed by atoms with E-state index in [4.69, 9.17) is 11.6 Å². The number of nitrogens with one attached hydrogen (secondary N) is 2. The van der Waals surface area contributed by atoms with E-state index >= 15 is 0 Å². The molecule has 6 heteroatoms. The number of hydrogen-bond acceptors (Lipinski definition) is 2. The molecule has 1 aliphatic rings. The lowest BCUT2D eigenvalue weighted by Crippen LogP contribution is -2.48. The van der Waals surface area contributed by atoms with Crippen LogP contribution in [0.25, 0.3) is 0 Å². The second kappa shape index (κ2) is 11.1. The highest BCUT2D eigenvalue weighted by molar-refractivity contribution is 14.0. The van der Waals surface area contributed by atoms with Crippen LogP contribution in [-0.4, -0.2) is 43.6 Å². The van der Waals surface area contributed by atoms with Gasteiger partial charge in [-0.3, -0.25) is 4.99 Å². The van der Waals surface area contributed by atoms with Crippen molar-refractivity contribution in [3.63, 3.8) is 0 Å². The highest BCUT2D eigenvalue weighted by atomic mass is 127. The number of nitrogens with zero attached hydrogens (tertiary/aromatic N) is 2. The van der Waals surface area contributed by atoms with Crippen LogP contribution in [-0.2, 0) is 6.54 Å². The van der Waals surface area contributed by atoms with Crippen molar-refractivity contribution in [3.8, 4) is 0 Å². The highest BCUT2D eigenvalue weighted by Crippen LogP contribution is 2.11. The van der Waals surface area contributed by atoms with Gasteiger partial charge in [0.25, 0.3) is 0 Å². The van der Waals surface area contributed by atoms with Crippen LogP contribution in [0.15, 0.2) is 29.3 Å². The molecule has 0 aromatic heterocycles. The average Bonchev–Trinajstić information content (AvgIpc) is 2.53. The maximum absolute atomic E-state index is 6.01. The molecule has 2 rings (SSSR count). The predicted molar refractivity (Wildman–Crippen MR) is 110 cm³/mol. The van der Waals surface area contributed by atoms with Gasteiger partial charge in [-0.15, -0.1) is 24.0 Å². The molecule has 1 aromatic rings. The fourth-order valence-electron chi connectivity index (χ4n) is 2.84. The van der Waals surface area contributed by atoms with Crippen LogP contribution in [0.3, 0.4) is 0 Å². The second-order valence-corrected chi connectivity index (χ2v) is 6.25. The van der Waals surface area contributed by atoms with Crippen molar-refractivity contribution in [1.29, 1.82) is 0 Å². The number of halogens is 2. The van der Waals surface area contributed by atoms with Crippen LogP contribution in [0.4, 0.5) is 0 Å². The second-order valence-electron chi connectivity index (χ2n) is 5.82. The Morgan fingerprint density at radius 3 is 2.70 bits per heavy atom. The van der Waals surface area contributed by atoms with Gasteiger partial charge in [-0.25, -0.2) is 0 Å². The molecule has 0 amide bonds. The van der Waals surface area contributed by atoms with Crippen LogP contribution in [0.2, 0.25) is 5.02 Å². The van der Waals surface area contributed by atoms with Crippen molar-refractivity contribution in [2.45, 2.75) is 38.8 Å². The summed E-state index contributed by atoms with van der Waals surface area (Å²) in [5.41, 5.74) is 1.16. The SMILES string of the molecule is CCCN1CCC(NC(=NC)NCc2cccc(Cl)c2)CC1.I. The Balaban J connectivity index is 0.00000264.